The van der Waals surface area contributed by atoms with E-state index in [2.05, 4.69) is 29.6 Å². The summed E-state index contributed by atoms with van der Waals surface area (Å²) in [6, 6.07) is 23.6. The first-order valence-electron chi connectivity index (χ1n) is 9.03. The normalized spacial score (nSPS) is 13.6. The molecule has 3 aromatic rings. The van der Waals surface area contributed by atoms with Gasteiger partial charge in [-0.1, -0.05) is 60.7 Å². The summed E-state index contributed by atoms with van der Waals surface area (Å²) in [6.45, 7) is 1.96. The van der Waals surface area contributed by atoms with Gasteiger partial charge < -0.3 is 9.84 Å². The third kappa shape index (κ3) is 3.44. The van der Waals surface area contributed by atoms with E-state index in [0.29, 0.717) is 5.69 Å². The van der Waals surface area contributed by atoms with E-state index in [0.717, 1.165) is 5.56 Å². The molecule has 0 fully saturated rings. The molecule has 0 aliphatic heterocycles. The lowest BCUT2D eigenvalue weighted by atomic mass is 9.98. The number of carbonyl (C=O) groups excluding carboxylic acids is 1. The molecule has 4 rings (SSSR count). The lowest BCUT2D eigenvalue weighted by Crippen LogP contribution is -2.18. The number of rotatable bonds is 4. The summed E-state index contributed by atoms with van der Waals surface area (Å²) < 4.78 is 5.53. The van der Waals surface area contributed by atoms with Crippen LogP contribution >= 0.6 is 0 Å². The second-order valence-corrected chi connectivity index (χ2v) is 6.75. The number of carbonyl (C=O) groups is 1. The lowest BCUT2D eigenvalue weighted by molar-refractivity contribution is 0.158. The molecule has 0 unspecified atom stereocenters. The summed E-state index contributed by atoms with van der Waals surface area (Å²) in [7, 11) is 0. The van der Waals surface area contributed by atoms with E-state index in [1.165, 1.54) is 22.3 Å². The van der Waals surface area contributed by atoms with E-state index in [9.17, 15) is 9.90 Å². The van der Waals surface area contributed by atoms with Crippen LogP contribution in [0.5, 0.6) is 0 Å². The predicted molar refractivity (Wildman–Crippen MR) is 106 cm³/mol. The van der Waals surface area contributed by atoms with E-state index in [1.807, 2.05) is 30.3 Å². The maximum Gasteiger partial charge on any atom is 0.411 e. The number of benzene rings is 3. The maximum absolute atomic E-state index is 12.3. The molecule has 136 valence electrons. The quantitative estimate of drug-likeness (QED) is 0.681. The molecular formula is C23H21NO3. The number of hydrogen-bond acceptors (Lipinski definition) is 3. The number of anilines is 1. The van der Waals surface area contributed by atoms with E-state index >= 15 is 0 Å². The fourth-order valence-corrected chi connectivity index (χ4v) is 3.63. The zero-order valence-corrected chi connectivity index (χ0v) is 15.1. The van der Waals surface area contributed by atoms with Gasteiger partial charge in [-0.05, 0) is 46.9 Å². The molecule has 4 heteroatoms. The van der Waals surface area contributed by atoms with Gasteiger partial charge in [0.15, 0.2) is 0 Å². The highest BCUT2D eigenvalue weighted by atomic mass is 16.5. The summed E-state index contributed by atoms with van der Waals surface area (Å²) in [5.74, 6) is 0.0342. The van der Waals surface area contributed by atoms with Crippen LogP contribution in [0, 0.1) is 0 Å². The molecule has 1 atom stereocenters. The van der Waals surface area contributed by atoms with E-state index in [-0.39, 0.29) is 12.5 Å². The Morgan fingerprint density at radius 1 is 1.00 bits per heavy atom. The Bertz CT molecular complexity index is 935. The SMILES string of the molecule is C[C@@H](O)c1cccc(NC(=O)OCC2c3ccccc3-c3ccccc32)c1. The molecule has 0 bridgehead atoms. The summed E-state index contributed by atoms with van der Waals surface area (Å²) >= 11 is 0. The Hall–Kier alpha value is -3.11. The summed E-state index contributed by atoms with van der Waals surface area (Å²) in [4.78, 5) is 12.3. The van der Waals surface area contributed by atoms with Gasteiger partial charge in [-0.3, -0.25) is 5.32 Å². The standard InChI is InChI=1S/C23H21NO3/c1-15(25)16-7-6-8-17(13-16)24-23(26)27-14-22-20-11-4-2-9-18(20)19-10-3-5-12-21(19)22/h2-13,15,22,25H,14H2,1H3,(H,24,26)/t15-/m1/s1. The van der Waals surface area contributed by atoms with Gasteiger partial charge in [-0.2, -0.15) is 0 Å². The first-order chi connectivity index (χ1) is 13.1. The van der Waals surface area contributed by atoms with Crippen LogP contribution < -0.4 is 5.32 Å². The molecule has 0 heterocycles. The molecule has 4 nitrogen and oxygen atoms in total. The molecule has 0 spiro atoms. The highest BCUT2D eigenvalue weighted by Crippen LogP contribution is 2.44. The molecule has 0 radical (unpaired) electrons. The van der Waals surface area contributed by atoms with Crippen LogP contribution in [0.15, 0.2) is 72.8 Å². The number of hydrogen-bond donors (Lipinski definition) is 2. The van der Waals surface area contributed by atoms with Gasteiger partial charge in [0, 0.05) is 11.6 Å². The van der Waals surface area contributed by atoms with Crippen molar-refractivity contribution in [1.29, 1.82) is 0 Å². The predicted octanol–water partition coefficient (Wildman–Crippen LogP) is 5.10. The van der Waals surface area contributed by atoms with Crippen LogP contribution in [-0.4, -0.2) is 17.8 Å². The fraction of sp³-hybridized carbons (Fsp3) is 0.174. The van der Waals surface area contributed by atoms with E-state index in [1.54, 1.807) is 25.1 Å². The largest absolute Gasteiger partial charge is 0.448 e. The molecule has 1 amide bonds. The van der Waals surface area contributed by atoms with Crippen LogP contribution in [0.25, 0.3) is 11.1 Å². The van der Waals surface area contributed by atoms with Gasteiger partial charge >= 0.3 is 6.09 Å². The second-order valence-electron chi connectivity index (χ2n) is 6.75. The van der Waals surface area contributed by atoms with Crippen LogP contribution in [0.1, 0.15) is 35.6 Å². The Balaban J connectivity index is 1.47. The van der Waals surface area contributed by atoms with Gasteiger partial charge in [-0.15, -0.1) is 0 Å². The third-order valence-electron chi connectivity index (χ3n) is 4.96. The van der Waals surface area contributed by atoms with Gasteiger partial charge in [-0.25, -0.2) is 4.79 Å². The van der Waals surface area contributed by atoms with E-state index < -0.39 is 12.2 Å². The number of amides is 1. The molecular weight excluding hydrogens is 338 g/mol. The Kier molecular flexibility index (Phi) is 4.65. The van der Waals surface area contributed by atoms with Crippen molar-refractivity contribution in [3.8, 4) is 11.1 Å². The molecule has 27 heavy (non-hydrogen) atoms. The van der Waals surface area contributed by atoms with Gasteiger partial charge in [0.2, 0.25) is 0 Å². The van der Waals surface area contributed by atoms with Crippen molar-refractivity contribution in [3.05, 3.63) is 89.5 Å². The zero-order valence-electron chi connectivity index (χ0n) is 15.1. The molecule has 3 aromatic carbocycles. The van der Waals surface area contributed by atoms with Crippen molar-refractivity contribution in [1.82, 2.24) is 0 Å². The highest BCUT2D eigenvalue weighted by Gasteiger charge is 2.28. The Morgan fingerprint density at radius 2 is 1.63 bits per heavy atom. The highest BCUT2D eigenvalue weighted by molar-refractivity contribution is 5.85. The third-order valence-corrected chi connectivity index (χ3v) is 4.96. The topological polar surface area (TPSA) is 58.6 Å². The van der Waals surface area contributed by atoms with Crippen molar-refractivity contribution in [2.24, 2.45) is 0 Å². The van der Waals surface area contributed by atoms with E-state index in [4.69, 9.17) is 4.74 Å². The first kappa shape index (κ1) is 17.3. The Morgan fingerprint density at radius 3 is 2.26 bits per heavy atom. The maximum atomic E-state index is 12.3. The van der Waals surface area contributed by atoms with Crippen molar-refractivity contribution < 1.29 is 14.6 Å². The van der Waals surface area contributed by atoms with Crippen molar-refractivity contribution >= 4 is 11.8 Å². The number of fused-ring (bicyclic) bond motifs is 3. The first-order valence-corrected chi connectivity index (χ1v) is 9.03. The average Bonchev–Trinajstić information content (AvgIpc) is 3.00. The Labute approximate surface area is 158 Å². The van der Waals surface area contributed by atoms with Crippen LogP contribution in [0.3, 0.4) is 0 Å². The van der Waals surface area contributed by atoms with Crippen molar-refractivity contribution in [2.75, 3.05) is 11.9 Å². The summed E-state index contributed by atoms with van der Waals surface area (Å²) in [5.41, 5.74) is 6.11. The number of ether oxygens (including phenoxy) is 1. The minimum atomic E-state index is -0.589. The van der Waals surface area contributed by atoms with Gasteiger partial charge in [0.05, 0.1) is 6.10 Å². The summed E-state index contributed by atoms with van der Waals surface area (Å²) in [6.07, 6.45) is -1.09. The van der Waals surface area contributed by atoms with Crippen molar-refractivity contribution in [2.45, 2.75) is 18.9 Å². The van der Waals surface area contributed by atoms with Crippen LogP contribution in [0.4, 0.5) is 10.5 Å². The molecule has 0 saturated heterocycles. The molecule has 0 aromatic heterocycles. The lowest BCUT2D eigenvalue weighted by Gasteiger charge is -2.15. The van der Waals surface area contributed by atoms with Crippen molar-refractivity contribution in [3.63, 3.8) is 0 Å². The monoisotopic (exact) mass is 359 g/mol. The molecule has 1 aliphatic carbocycles. The van der Waals surface area contributed by atoms with Crippen LogP contribution in [0.2, 0.25) is 0 Å². The second kappa shape index (κ2) is 7.25. The number of aliphatic hydroxyl groups excluding tert-OH is 1. The summed E-state index contributed by atoms with van der Waals surface area (Å²) in [5, 5.41) is 12.4. The number of aliphatic hydroxyl groups is 1. The molecule has 1 aliphatic rings. The average molecular weight is 359 g/mol. The fourth-order valence-electron chi connectivity index (χ4n) is 3.63. The molecule has 0 saturated carbocycles. The smallest absolute Gasteiger partial charge is 0.411 e. The minimum absolute atomic E-state index is 0.0342. The van der Waals surface area contributed by atoms with Gasteiger partial charge in [0.25, 0.3) is 0 Å². The number of nitrogens with one attached hydrogen (secondary N) is 1. The van der Waals surface area contributed by atoms with Gasteiger partial charge in [0.1, 0.15) is 6.61 Å². The minimum Gasteiger partial charge on any atom is -0.448 e. The van der Waals surface area contributed by atoms with Crippen LogP contribution in [-0.2, 0) is 4.74 Å². The zero-order chi connectivity index (χ0) is 18.8. The molecule has 2 N–H and O–H groups in total.